The largest absolute Gasteiger partial charge is 0.478 e. The second-order valence-electron chi connectivity index (χ2n) is 3.65. The summed E-state index contributed by atoms with van der Waals surface area (Å²) in [4.78, 5) is 0. The third-order valence-electron chi connectivity index (χ3n) is 2.33. The molecule has 0 spiro atoms. The molecule has 0 aliphatic rings. The van der Waals surface area contributed by atoms with Crippen molar-refractivity contribution in [3.05, 3.63) is 66.0 Å². The van der Waals surface area contributed by atoms with E-state index in [9.17, 15) is 4.39 Å². The number of nitrogens with one attached hydrogen (secondary N) is 1. The quantitative estimate of drug-likeness (QED) is 0.631. The van der Waals surface area contributed by atoms with Gasteiger partial charge in [-0.1, -0.05) is 30.3 Å². The van der Waals surface area contributed by atoms with Crippen molar-refractivity contribution < 1.29 is 9.13 Å². The van der Waals surface area contributed by atoms with E-state index in [4.69, 9.17) is 4.74 Å². The number of ether oxygens (including phenoxy) is 1. The first-order chi connectivity index (χ1) is 8.34. The number of para-hydroxylation sites is 1. The minimum Gasteiger partial charge on any atom is -0.478 e. The van der Waals surface area contributed by atoms with Gasteiger partial charge in [-0.2, -0.15) is 0 Å². The maximum absolute atomic E-state index is 12.7. The SMILES string of the molecule is Fc1ccc(CNCOc2ccccc2)cc1. The van der Waals surface area contributed by atoms with Gasteiger partial charge in [0.2, 0.25) is 0 Å². The van der Waals surface area contributed by atoms with E-state index in [0.717, 1.165) is 11.3 Å². The van der Waals surface area contributed by atoms with Crippen LogP contribution < -0.4 is 10.1 Å². The molecular weight excluding hydrogens is 217 g/mol. The van der Waals surface area contributed by atoms with E-state index >= 15 is 0 Å². The van der Waals surface area contributed by atoms with E-state index in [1.807, 2.05) is 30.3 Å². The minimum absolute atomic E-state index is 0.214. The monoisotopic (exact) mass is 231 g/mol. The average molecular weight is 231 g/mol. The zero-order valence-electron chi connectivity index (χ0n) is 9.40. The summed E-state index contributed by atoms with van der Waals surface area (Å²) in [6.07, 6.45) is 0. The highest BCUT2D eigenvalue weighted by Gasteiger charge is 1.94. The van der Waals surface area contributed by atoms with Crippen molar-refractivity contribution >= 4 is 0 Å². The molecule has 17 heavy (non-hydrogen) atoms. The Hall–Kier alpha value is -1.87. The minimum atomic E-state index is -0.214. The maximum Gasteiger partial charge on any atom is 0.139 e. The van der Waals surface area contributed by atoms with Crippen molar-refractivity contribution in [1.82, 2.24) is 5.32 Å². The third kappa shape index (κ3) is 3.89. The van der Waals surface area contributed by atoms with Crippen molar-refractivity contribution in [2.75, 3.05) is 6.73 Å². The zero-order valence-corrected chi connectivity index (χ0v) is 9.40. The molecule has 0 aromatic heterocycles. The van der Waals surface area contributed by atoms with Gasteiger partial charge in [0.25, 0.3) is 0 Å². The van der Waals surface area contributed by atoms with Gasteiger partial charge in [0, 0.05) is 6.54 Å². The van der Waals surface area contributed by atoms with Crippen LogP contribution in [0.2, 0.25) is 0 Å². The van der Waals surface area contributed by atoms with Gasteiger partial charge in [0.15, 0.2) is 0 Å². The van der Waals surface area contributed by atoms with Crippen LogP contribution >= 0.6 is 0 Å². The summed E-state index contributed by atoms with van der Waals surface area (Å²) in [7, 11) is 0. The van der Waals surface area contributed by atoms with Gasteiger partial charge in [-0.15, -0.1) is 0 Å². The molecule has 0 aliphatic heterocycles. The molecule has 2 nitrogen and oxygen atoms in total. The van der Waals surface area contributed by atoms with Crippen molar-refractivity contribution in [3.8, 4) is 5.75 Å². The van der Waals surface area contributed by atoms with Crippen LogP contribution in [-0.4, -0.2) is 6.73 Å². The van der Waals surface area contributed by atoms with E-state index in [1.54, 1.807) is 12.1 Å². The summed E-state index contributed by atoms with van der Waals surface area (Å²) in [5, 5.41) is 3.12. The highest BCUT2D eigenvalue weighted by molar-refractivity contribution is 5.20. The Morgan fingerprint density at radius 3 is 2.35 bits per heavy atom. The number of rotatable bonds is 5. The third-order valence-corrected chi connectivity index (χ3v) is 2.33. The van der Waals surface area contributed by atoms with Crippen LogP contribution in [0.5, 0.6) is 5.75 Å². The van der Waals surface area contributed by atoms with E-state index in [-0.39, 0.29) is 5.82 Å². The zero-order chi connectivity index (χ0) is 11.9. The van der Waals surface area contributed by atoms with Crippen LogP contribution in [0.4, 0.5) is 4.39 Å². The van der Waals surface area contributed by atoms with Crippen LogP contribution in [0.1, 0.15) is 5.56 Å². The van der Waals surface area contributed by atoms with Gasteiger partial charge < -0.3 is 4.74 Å². The molecule has 2 aromatic carbocycles. The predicted molar refractivity (Wildman–Crippen MR) is 65.2 cm³/mol. The fourth-order valence-electron chi connectivity index (χ4n) is 1.45. The molecule has 88 valence electrons. The van der Waals surface area contributed by atoms with Gasteiger partial charge in [-0.25, -0.2) is 4.39 Å². The van der Waals surface area contributed by atoms with Gasteiger partial charge in [-0.3, -0.25) is 5.32 Å². The number of hydrogen-bond donors (Lipinski definition) is 1. The van der Waals surface area contributed by atoms with E-state index in [1.165, 1.54) is 12.1 Å². The highest BCUT2D eigenvalue weighted by Crippen LogP contribution is 2.07. The topological polar surface area (TPSA) is 21.3 Å². The van der Waals surface area contributed by atoms with Crippen LogP contribution in [0.3, 0.4) is 0 Å². The Morgan fingerprint density at radius 2 is 1.65 bits per heavy atom. The van der Waals surface area contributed by atoms with Gasteiger partial charge in [-0.05, 0) is 29.8 Å². The lowest BCUT2D eigenvalue weighted by atomic mass is 10.2. The first kappa shape index (κ1) is 11.6. The summed E-state index contributed by atoms with van der Waals surface area (Å²) in [5.74, 6) is 0.619. The molecule has 0 radical (unpaired) electrons. The molecule has 0 atom stereocenters. The molecule has 0 unspecified atom stereocenters. The summed E-state index contributed by atoms with van der Waals surface area (Å²) < 4.78 is 18.1. The first-order valence-electron chi connectivity index (χ1n) is 5.47. The number of halogens is 1. The van der Waals surface area contributed by atoms with Crippen molar-refractivity contribution in [2.24, 2.45) is 0 Å². The lowest BCUT2D eigenvalue weighted by molar-refractivity contribution is 0.282. The first-order valence-corrected chi connectivity index (χ1v) is 5.47. The van der Waals surface area contributed by atoms with Crippen LogP contribution in [0.15, 0.2) is 54.6 Å². The number of hydrogen-bond acceptors (Lipinski definition) is 2. The lowest BCUT2D eigenvalue weighted by Gasteiger charge is -2.07. The summed E-state index contributed by atoms with van der Waals surface area (Å²) in [6.45, 7) is 1.09. The Labute approximate surface area is 100 Å². The van der Waals surface area contributed by atoms with Crippen molar-refractivity contribution in [2.45, 2.75) is 6.54 Å². The van der Waals surface area contributed by atoms with Gasteiger partial charge >= 0.3 is 0 Å². The second-order valence-corrected chi connectivity index (χ2v) is 3.65. The molecule has 0 aliphatic carbocycles. The summed E-state index contributed by atoms with van der Waals surface area (Å²) in [6, 6.07) is 16.0. The normalized spacial score (nSPS) is 10.2. The Kier molecular flexibility index (Phi) is 4.11. The average Bonchev–Trinajstić information content (AvgIpc) is 2.38. The second kappa shape index (κ2) is 6.01. The van der Waals surface area contributed by atoms with Gasteiger partial charge in [0.1, 0.15) is 18.3 Å². The Balaban J connectivity index is 1.71. The predicted octanol–water partition coefficient (Wildman–Crippen LogP) is 2.95. The molecule has 3 heteroatoms. The Bertz CT molecular complexity index is 442. The molecule has 0 heterocycles. The Morgan fingerprint density at radius 1 is 0.941 bits per heavy atom. The molecule has 0 saturated carbocycles. The van der Waals surface area contributed by atoms with Crippen LogP contribution in [0.25, 0.3) is 0 Å². The van der Waals surface area contributed by atoms with E-state index in [2.05, 4.69) is 5.32 Å². The molecule has 0 saturated heterocycles. The molecular formula is C14H14FNO. The molecule has 0 amide bonds. The smallest absolute Gasteiger partial charge is 0.139 e. The maximum atomic E-state index is 12.7. The van der Waals surface area contributed by atoms with Crippen LogP contribution in [0, 0.1) is 5.82 Å². The van der Waals surface area contributed by atoms with Crippen LogP contribution in [-0.2, 0) is 6.54 Å². The number of benzene rings is 2. The molecule has 2 rings (SSSR count). The summed E-state index contributed by atoms with van der Waals surface area (Å²) in [5.41, 5.74) is 1.03. The molecule has 0 fully saturated rings. The molecule has 1 N–H and O–H groups in total. The highest BCUT2D eigenvalue weighted by atomic mass is 19.1. The molecule has 0 bridgehead atoms. The van der Waals surface area contributed by atoms with E-state index < -0.39 is 0 Å². The van der Waals surface area contributed by atoms with Gasteiger partial charge in [0.05, 0.1) is 0 Å². The van der Waals surface area contributed by atoms with Crippen molar-refractivity contribution in [3.63, 3.8) is 0 Å². The van der Waals surface area contributed by atoms with E-state index in [0.29, 0.717) is 13.3 Å². The lowest BCUT2D eigenvalue weighted by Crippen LogP contribution is -2.19. The molecule has 2 aromatic rings. The standard InChI is InChI=1S/C14H14FNO/c15-13-8-6-12(7-9-13)10-16-11-17-14-4-2-1-3-5-14/h1-9,16H,10-11H2. The summed E-state index contributed by atoms with van der Waals surface area (Å²) >= 11 is 0. The van der Waals surface area contributed by atoms with Crippen molar-refractivity contribution in [1.29, 1.82) is 0 Å². The fraction of sp³-hybridized carbons (Fsp3) is 0.143. The fourth-order valence-corrected chi connectivity index (χ4v) is 1.45.